The summed E-state index contributed by atoms with van der Waals surface area (Å²) >= 11 is 5.89. The molecule has 5 heteroatoms. The van der Waals surface area contributed by atoms with Crippen molar-refractivity contribution < 1.29 is 14.3 Å². The lowest BCUT2D eigenvalue weighted by Gasteiger charge is -2.15. The molecule has 0 spiro atoms. The summed E-state index contributed by atoms with van der Waals surface area (Å²) in [6.07, 6.45) is 0.170. The van der Waals surface area contributed by atoms with Gasteiger partial charge in [0.25, 0.3) is 5.91 Å². The minimum atomic E-state index is -0.579. The monoisotopic (exact) mass is 333 g/mol. The van der Waals surface area contributed by atoms with Gasteiger partial charge in [0.15, 0.2) is 6.10 Å². The van der Waals surface area contributed by atoms with Crippen LogP contribution in [0, 0.1) is 0 Å². The first-order valence-electron chi connectivity index (χ1n) is 7.41. The molecular weight excluding hydrogens is 314 g/mol. The maximum absolute atomic E-state index is 12.0. The predicted molar refractivity (Wildman–Crippen MR) is 91.2 cm³/mol. The van der Waals surface area contributed by atoms with Crippen molar-refractivity contribution in [3.8, 4) is 11.5 Å². The van der Waals surface area contributed by atoms with E-state index in [1.807, 2.05) is 24.3 Å². The second kappa shape index (κ2) is 8.44. The minimum absolute atomic E-state index is 0.154. The van der Waals surface area contributed by atoms with Crippen molar-refractivity contribution in [2.45, 2.75) is 19.4 Å². The normalized spacial score (nSPS) is 11.6. The van der Waals surface area contributed by atoms with Gasteiger partial charge in [-0.2, -0.15) is 0 Å². The first-order chi connectivity index (χ1) is 11.1. The molecule has 23 heavy (non-hydrogen) atoms. The fraction of sp³-hybridized carbons (Fsp3) is 0.278. The lowest BCUT2D eigenvalue weighted by molar-refractivity contribution is -0.127. The standard InChI is InChI=1S/C18H20ClNO3/c1-13(23-17-5-3-4-15(19)12-17)18(21)20-11-10-14-6-8-16(22-2)9-7-14/h3-9,12-13H,10-11H2,1-2H3,(H,20,21). The van der Waals surface area contributed by atoms with Gasteiger partial charge in [0.1, 0.15) is 11.5 Å². The highest BCUT2D eigenvalue weighted by atomic mass is 35.5. The van der Waals surface area contributed by atoms with E-state index in [1.54, 1.807) is 38.3 Å². The molecule has 2 rings (SSSR count). The van der Waals surface area contributed by atoms with Crippen LogP contribution in [0.15, 0.2) is 48.5 Å². The van der Waals surface area contributed by atoms with Crippen LogP contribution in [0.5, 0.6) is 11.5 Å². The van der Waals surface area contributed by atoms with E-state index >= 15 is 0 Å². The van der Waals surface area contributed by atoms with E-state index in [4.69, 9.17) is 21.1 Å². The van der Waals surface area contributed by atoms with Crippen molar-refractivity contribution in [1.82, 2.24) is 5.32 Å². The summed E-state index contributed by atoms with van der Waals surface area (Å²) in [5.41, 5.74) is 1.13. The van der Waals surface area contributed by atoms with Crippen LogP contribution in [0.2, 0.25) is 5.02 Å². The third kappa shape index (κ3) is 5.49. The summed E-state index contributed by atoms with van der Waals surface area (Å²) < 4.78 is 10.7. The molecular formula is C18H20ClNO3. The Balaban J connectivity index is 1.77. The zero-order chi connectivity index (χ0) is 16.7. The second-order valence-electron chi connectivity index (χ2n) is 5.11. The molecule has 2 aromatic rings. The van der Waals surface area contributed by atoms with Crippen LogP contribution in [0.25, 0.3) is 0 Å². The Bertz CT molecular complexity index is 643. The van der Waals surface area contributed by atoms with Gasteiger partial charge in [-0.3, -0.25) is 4.79 Å². The molecule has 0 radical (unpaired) electrons. The molecule has 2 aromatic carbocycles. The number of rotatable bonds is 7. The zero-order valence-corrected chi connectivity index (χ0v) is 14.0. The molecule has 0 saturated carbocycles. The summed E-state index contributed by atoms with van der Waals surface area (Å²) in [5.74, 6) is 1.25. The largest absolute Gasteiger partial charge is 0.497 e. The summed E-state index contributed by atoms with van der Waals surface area (Å²) in [7, 11) is 1.64. The van der Waals surface area contributed by atoms with Gasteiger partial charge >= 0.3 is 0 Å². The second-order valence-corrected chi connectivity index (χ2v) is 5.54. The lowest BCUT2D eigenvalue weighted by Crippen LogP contribution is -2.37. The van der Waals surface area contributed by atoms with Crippen LogP contribution in [-0.2, 0) is 11.2 Å². The van der Waals surface area contributed by atoms with Gasteiger partial charge in [0.2, 0.25) is 0 Å². The molecule has 0 heterocycles. The Morgan fingerprint density at radius 3 is 2.57 bits per heavy atom. The maximum atomic E-state index is 12.0. The number of halogens is 1. The molecule has 1 unspecified atom stereocenters. The molecule has 4 nitrogen and oxygen atoms in total. The highest BCUT2D eigenvalue weighted by molar-refractivity contribution is 6.30. The van der Waals surface area contributed by atoms with Crippen LogP contribution in [0.1, 0.15) is 12.5 Å². The van der Waals surface area contributed by atoms with Crippen molar-refractivity contribution in [1.29, 1.82) is 0 Å². The third-order valence-electron chi connectivity index (χ3n) is 3.35. The van der Waals surface area contributed by atoms with E-state index in [1.165, 1.54) is 0 Å². The summed E-state index contributed by atoms with van der Waals surface area (Å²) in [6, 6.07) is 14.8. The van der Waals surface area contributed by atoms with Gasteiger partial charge in [0.05, 0.1) is 7.11 Å². The number of nitrogens with one attached hydrogen (secondary N) is 1. The molecule has 0 aliphatic rings. The third-order valence-corrected chi connectivity index (χ3v) is 3.59. The van der Waals surface area contributed by atoms with Crippen LogP contribution in [-0.4, -0.2) is 25.7 Å². The fourth-order valence-electron chi connectivity index (χ4n) is 2.06. The predicted octanol–water partition coefficient (Wildman–Crippen LogP) is 3.47. The topological polar surface area (TPSA) is 47.6 Å². The number of amides is 1. The van der Waals surface area contributed by atoms with Crippen LogP contribution in [0.3, 0.4) is 0 Å². The Hall–Kier alpha value is -2.20. The van der Waals surface area contributed by atoms with Gasteiger partial charge in [-0.1, -0.05) is 29.8 Å². The van der Waals surface area contributed by atoms with Gasteiger partial charge < -0.3 is 14.8 Å². The van der Waals surface area contributed by atoms with Gasteiger partial charge in [0, 0.05) is 11.6 Å². The number of ether oxygens (including phenoxy) is 2. The van der Waals surface area contributed by atoms with Gasteiger partial charge in [-0.05, 0) is 49.2 Å². The number of hydrogen-bond acceptors (Lipinski definition) is 3. The van der Waals surface area contributed by atoms with Crippen LogP contribution in [0.4, 0.5) is 0 Å². The van der Waals surface area contributed by atoms with Gasteiger partial charge in [-0.15, -0.1) is 0 Å². The van der Waals surface area contributed by atoms with Crippen LogP contribution >= 0.6 is 11.6 Å². The van der Waals surface area contributed by atoms with Crippen LogP contribution < -0.4 is 14.8 Å². The van der Waals surface area contributed by atoms with Gasteiger partial charge in [-0.25, -0.2) is 0 Å². The van der Waals surface area contributed by atoms with E-state index in [0.29, 0.717) is 17.3 Å². The number of carbonyl (C=O) groups is 1. The van der Waals surface area contributed by atoms with Crippen molar-refractivity contribution in [2.75, 3.05) is 13.7 Å². The summed E-state index contributed by atoms with van der Waals surface area (Å²) in [5, 5.41) is 3.44. The van der Waals surface area contributed by atoms with Crippen molar-refractivity contribution in [3.63, 3.8) is 0 Å². The molecule has 0 aliphatic carbocycles. The smallest absolute Gasteiger partial charge is 0.260 e. The minimum Gasteiger partial charge on any atom is -0.497 e. The van der Waals surface area contributed by atoms with Crippen molar-refractivity contribution >= 4 is 17.5 Å². The average Bonchev–Trinajstić information content (AvgIpc) is 2.55. The number of carbonyl (C=O) groups excluding carboxylic acids is 1. The first kappa shape index (κ1) is 17.2. The molecule has 0 fully saturated rings. The Morgan fingerprint density at radius 1 is 1.17 bits per heavy atom. The molecule has 1 atom stereocenters. The van der Waals surface area contributed by atoms with Crippen molar-refractivity contribution in [2.24, 2.45) is 0 Å². The molecule has 0 bridgehead atoms. The molecule has 1 N–H and O–H groups in total. The highest BCUT2D eigenvalue weighted by Gasteiger charge is 2.14. The fourth-order valence-corrected chi connectivity index (χ4v) is 2.24. The Labute approximate surface area is 141 Å². The SMILES string of the molecule is COc1ccc(CCNC(=O)C(C)Oc2cccc(Cl)c2)cc1. The first-order valence-corrected chi connectivity index (χ1v) is 7.79. The Kier molecular flexibility index (Phi) is 6.29. The summed E-state index contributed by atoms with van der Waals surface area (Å²) in [4.78, 5) is 12.0. The number of methoxy groups -OCH3 is 1. The lowest BCUT2D eigenvalue weighted by atomic mass is 10.1. The number of hydrogen-bond donors (Lipinski definition) is 1. The number of benzene rings is 2. The van der Waals surface area contributed by atoms with Crippen molar-refractivity contribution in [3.05, 3.63) is 59.1 Å². The van der Waals surface area contributed by atoms with E-state index in [0.717, 1.165) is 17.7 Å². The quantitative estimate of drug-likeness (QED) is 0.844. The molecule has 0 aromatic heterocycles. The van der Waals surface area contributed by atoms with E-state index in [2.05, 4.69) is 5.32 Å². The molecule has 122 valence electrons. The van der Waals surface area contributed by atoms with E-state index in [-0.39, 0.29) is 5.91 Å². The molecule has 0 saturated heterocycles. The maximum Gasteiger partial charge on any atom is 0.260 e. The summed E-state index contributed by atoms with van der Waals surface area (Å²) in [6.45, 7) is 2.26. The molecule has 0 aliphatic heterocycles. The average molecular weight is 334 g/mol. The van der Waals surface area contributed by atoms with E-state index in [9.17, 15) is 4.79 Å². The van der Waals surface area contributed by atoms with E-state index < -0.39 is 6.10 Å². The highest BCUT2D eigenvalue weighted by Crippen LogP contribution is 2.18. The zero-order valence-electron chi connectivity index (χ0n) is 13.2. The molecule has 1 amide bonds. The Morgan fingerprint density at radius 2 is 1.91 bits per heavy atom.